The van der Waals surface area contributed by atoms with Crippen molar-refractivity contribution in [3.8, 4) is 0 Å². The van der Waals surface area contributed by atoms with E-state index in [2.05, 4.69) is 0 Å². The number of rotatable bonds is 2. The van der Waals surface area contributed by atoms with Crippen molar-refractivity contribution in [2.45, 2.75) is 5.38 Å². The van der Waals surface area contributed by atoms with E-state index >= 15 is 0 Å². The van der Waals surface area contributed by atoms with E-state index in [9.17, 15) is 13.2 Å². The van der Waals surface area contributed by atoms with E-state index in [1.807, 2.05) is 0 Å². The zero-order valence-electron chi connectivity index (χ0n) is 9.23. The van der Waals surface area contributed by atoms with Gasteiger partial charge in [-0.15, -0.1) is 11.6 Å². The lowest BCUT2D eigenvalue weighted by Gasteiger charge is -2.13. The van der Waals surface area contributed by atoms with Gasteiger partial charge in [0.05, 0.1) is 5.38 Å². The first-order chi connectivity index (χ1) is 8.90. The molecule has 0 aromatic heterocycles. The fraction of sp³-hybridized carbons (Fsp3) is 0.0769. The van der Waals surface area contributed by atoms with Gasteiger partial charge in [-0.2, -0.15) is 0 Å². The molecule has 0 amide bonds. The van der Waals surface area contributed by atoms with Crippen LogP contribution in [0.25, 0.3) is 0 Å². The monoisotopic (exact) mass is 324 g/mol. The Bertz CT molecular complexity index is 629. The molecular weight excluding hydrogens is 319 g/mol. The number of benzene rings is 2. The molecule has 0 N–H and O–H groups in total. The molecule has 0 aliphatic rings. The number of hydrogen-bond donors (Lipinski definition) is 0. The quantitative estimate of drug-likeness (QED) is 0.488. The molecular formula is C13H6Cl3F3. The Morgan fingerprint density at radius 1 is 0.789 bits per heavy atom. The summed E-state index contributed by atoms with van der Waals surface area (Å²) in [6, 6.07) is 5.63. The van der Waals surface area contributed by atoms with Crippen molar-refractivity contribution < 1.29 is 13.2 Å². The SMILES string of the molecule is Fc1cc(F)c(C(Cl)c2ccc(Cl)cc2Cl)cc1F. The summed E-state index contributed by atoms with van der Waals surface area (Å²) < 4.78 is 39.6. The Balaban J connectivity index is 2.49. The van der Waals surface area contributed by atoms with E-state index in [1.54, 1.807) is 0 Å². The Labute approximate surface area is 122 Å². The maximum atomic E-state index is 13.6. The van der Waals surface area contributed by atoms with Crippen LogP contribution in [-0.4, -0.2) is 0 Å². The van der Waals surface area contributed by atoms with Gasteiger partial charge in [0.25, 0.3) is 0 Å². The third kappa shape index (κ3) is 2.99. The minimum absolute atomic E-state index is 0.190. The van der Waals surface area contributed by atoms with Gasteiger partial charge in [-0.25, -0.2) is 13.2 Å². The molecule has 0 saturated carbocycles. The Hall–Kier alpha value is -0.900. The van der Waals surface area contributed by atoms with Crippen molar-refractivity contribution in [2.24, 2.45) is 0 Å². The normalized spacial score (nSPS) is 12.5. The highest BCUT2D eigenvalue weighted by Gasteiger charge is 2.20. The van der Waals surface area contributed by atoms with Crippen molar-refractivity contribution >= 4 is 34.8 Å². The van der Waals surface area contributed by atoms with E-state index in [4.69, 9.17) is 34.8 Å². The summed E-state index contributed by atoms with van der Waals surface area (Å²) in [6.07, 6.45) is 0. The lowest BCUT2D eigenvalue weighted by molar-refractivity contribution is 0.490. The Morgan fingerprint density at radius 3 is 2.05 bits per heavy atom. The first-order valence-corrected chi connectivity index (χ1v) is 6.33. The first-order valence-electron chi connectivity index (χ1n) is 5.13. The van der Waals surface area contributed by atoms with Gasteiger partial charge in [-0.3, -0.25) is 0 Å². The highest BCUT2D eigenvalue weighted by Crippen LogP contribution is 2.36. The maximum absolute atomic E-state index is 13.6. The van der Waals surface area contributed by atoms with Crippen molar-refractivity contribution in [1.82, 2.24) is 0 Å². The van der Waals surface area contributed by atoms with Gasteiger partial charge >= 0.3 is 0 Å². The molecule has 2 rings (SSSR count). The van der Waals surface area contributed by atoms with Crippen molar-refractivity contribution in [2.75, 3.05) is 0 Å². The standard InChI is InChI=1S/C13H6Cl3F3/c14-6-1-2-7(9(15)3-6)13(16)8-4-11(18)12(19)5-10(8)17/h1-5,13H. The molecule has 0 spiro atoms. The summed E-state index contributed by atoms with van der Waals surface area (Å²) >= 11 is 17.7. The lowest BCUT2D eigenvalue weighted by atomic mass is 10.0. The summed E-state index contributed by atoms with van der Waals surface area (Å²) in [4.78, 5) is 0. The maximum Gasteiger partial charge on any atom is 0.161 e. The van der Waals surface area contributed by atoms with Crippen LogP contribution in [0.15, 0.2) is 30.3 Å². The molecule has 0 fully saturated rings. The summed E-state index contributed by atoms with van der Waals surface area (Å²) in [5.41, 5.74) is 0.169. The molecule has 1 atom stereocenters. The van der Waals surface area contributed by atoms with Gasteiger partial charge < -0.3 is 0 Å². The number of alkyl halides is 1. The zero-order chi connectivity index (χ0) is 14.2. The van der Waals surface area contributed by atoms with Crippen LogP contribution < -0.4 is 0 Å². The largest absolute Gasteiger partial charge is 0.207 e. The molecule has 1 unspecified atom stereocenters. The number of hydrogen-bond acceptors (Lipinski definition) is 0. The molecule has 0 aliphatic carbocycles. The molecule has 2 aromatic rings. The van der Waals surface area contributed by atoms with E-state index in [0.29, 0.717) is 22.7 Å². The van der Waals surface area contributed by atoms with Gasteiger partial charge in [0.1, 0.15) is 5.82 Å². The minimum atomic E-state index is -1.27. The zero-order valence-corrected chi connectivity index (χ0v) is 11.5. The van der Waals surface area contributed by atoms with Crippen LogP contribution in [0, 0.1) is 17.5 Å². The third-order valence-corrected chi connectivity index (χ3v) is 3.58. The predicted molar refractivity (Wildman–Crippen MR) is 70.5 cm³/mol. The molecule has 19 heavy (non-hydrogen) atoms. The molecule has 0 aliphatic heterocycles. The van der Waals surface area contributed by atoms with Crippen molar-refractivity contribution in [1.29, 1.82) is 0 Å². The molecule has 0 nitrogen and oxygen atoms in total. The van der Waals surface area contributed by atoms with Gasteiger partial charge in [-0.1, -0.05) is 29.3 Å². The van der Waals surface area contributed by atoms with Crippen LogP contribution in [0.4, 0.5) is 13.2 Å². The third-order valence-electron chi connectivity index (χ3n) is 2.55. The smallest absolute Gasteiger partial charge is 0.161 e. The second-order valence-corrected chi connectivity index (χ2v) is 5.10. The van der Waals surface area contributed by atoms with E-state index < -0.39 is 22.8 Å². The molecule has 2 aromatic carbocycles. The molecule has 0 radical (unpaired) electrons. The van der Waals surface area contributed by atoms with Crippen molar-refractivity contribution in [3.05, 3.63) is 69.0 Å². The summed E-state index contributed by atoms with van der Waals surface area (Å²) in [7, 11) is 0. The lowest BCUT2D eigenvalue weighted by Crippen LogP contribution is -2.01. The van der Waals surface area contributed by atoms with Crippen LogP contribution in [0.2, 0.25) is 10.0 Å². The van der Waals surface area contributed by atoms with Gasteiger partial charge in [-0.05, 0) is 23.8 Å². The summed E-state index contributed by atoms with van der Waals surface area (Å²) in [5.74, 6) is -3.38. The van der Waals surface area contributed by atoms with Crippen LogP contribution in [-0.2, 0) is 0 Å². The fourth-order valence-electron chi connectivity index (χ4n) is 1.61. The van der Waals surface area contributed by atoms with Gasteiger partial charge in [0.2, 0.25) is 0 Å². The average Bonchev–Trinajstić information content (AvgIpc) is 2.33. The van der Waals surface area contributed by atoms with Crippen LogP contribution in [0.5, 0.6) is 0 Å². The molecule has 0 heterocycles. The topological polar surface area (TPSA) is 0 Å². The fourth-order valence-corrected chi connectivity index (χ4v) is 2.54. The molecule has 0 bridgehead atoms. The van der Waals surface area contributed by atoms with Crippen LogP contribution in [0.1, 0.15) is 16.5 Å². The predicted octanol–water partition coefficient (Wildman–Crippen LogP) is 5.74. The second-order valence-electron chi connectivity index (χ2n) is 3.82. The van der Waals surface area contributed by atoms with Crippen LogP contribution >= 0.6 is 34.8 Å². The minimum Gasteiger partial charge on any atom is -0.207 e. The Kier molecular flexibility index (Phi) is 4.29. The molecule has 100 valence electrons. The number of halogens is 6. The summed E-state index contributed by atoms with van der Waals surface area (Å²) in [5, 5.41) is -0.431. The molecule has 6 heteroatoms. The van der Waals surface area contributed by atoms with Gasteiger partial charge in [0, 0.05) is 21.7 Å². The summed E-state index contributed by atoms with van der Waals surface area (Å²) in [6.45, 7) is 0. The van der Waals surface area contributed by atoms with E-state index in [0.717, 1.165) is 0 Å². The first kappa shape index (κ1) is 14.5. The van der Waals surface area contributed by atoms with Gasteiger partial charge in [0.15, 0.2) is 11.6 Å². The van der Waals surface area contributed by atoms with E-state index in [-0.39, 0.29) is 10.6 Å². The van der Waals surface area contributed by atoms with Crippen LogP contribution in [0.3, 0.4) is 0 Å². The molecule has 0 saturated heterocycles. The second kappa shape index (κ2) is 5.61. The van der Waals surface area contributed by atoms with Crippen molar-refractivity contribution in [3.63, 3.8) is 0 Å². The highest BCUT2D eigenvalue weighted by molar-refractivity contribution is 6.36. The Morgan fingerprint density at radius 2 is 1.42 bits per heavy atom. The average molecular weight is 326 g/mol. The highest BCUT2D eigenvalue weighted by atomic mass is 35.5. The van der Waals surface area contributed by atoms with E-state index in [1.165, 1.54) is 18.2 Å².